The van der Waals surface area contributed by atoms with Crippen molar-refractivity contribution >= 4 is 92.2 Å². The van der Waals surface area contributed by atoms with Gasteiger partial charge in [0.05, 0.1) is 44.8 Å². The summed E-state index contributed by atoms with van der Waals surface area (Å²) in [6, 6.07) is 22.9. The summed E-state index contributed by atoms with van der Waals surface area (Å²) < 4.78 is 112. The highest BCUT2D eigenvalue weighted by atomic mass is 79.9. The predicted molar refractivity (Wildman–Crippen MR) is 417 cm³/mol. The number of aromatic nitrogens is 15. The Balaban J connectivity index is 0.000000142. The lowest BCUT2D eigenvalue weighted by Crippen LogP contribution is -2.41. The maximum atomic E-state index is 14.4. The Hall–Kier alpha value is -10.6. The fraction of sp³-hybridized carbons (Fsp3) is 0.324. The number of nitrogens with one attached hydrogen (secondary N) is 1. The average Bonchev–Trinajstić information content (AvgIpc) is 1.61. The van der Waals surface area contributed by atoms with Crippen LogP contribution in [0.4, 0.5) is 53.4 Å². The quantitative estimate of drug-likeness (QED) is 0.0770. The summed E-state index contributed by atoms with van der Waals surface area (Å²) in [7, 11) is -0.679. The molecular weight excluding hydrogens is 1580 g/mol. The van der Waals surface area contributed by atoms with Gasteiger partial charge in [-0.2, -0.15) is 14.0 Å². The standard InChI is InChI=1S/C24H23F2N7O2S.C19H15F2N7S.C18H19BF2N6O2.C12H16BrNO2S.CH4/c1-24(2,3)35-23(34)32-8-7-13-10-18(36-19(13)12-32)14-9-15(21(27)28-11-14)22-29-30-31-33(22)17-6-4-5-16(25)20(17)26;20-13-2-1-3-14(17(13)21)28-19(25-26-27-28)12-6-11(8-24-18(12)22)15-7-10-4-5-23-9-16(10)29-15;1-17(2)18(3,4)29-19(28-17)10-8-11(15(22)23-9-10)16-24-25-26-27(16)13-7-5-6-12(20)14(13)21;1-12(2,3)16-11(15)14-5-4-8-6-10(13)17-9(8)7-14;/h4-6,9-11H,7-8,12H2,1-3H3,(H2,27,28);1-3,6-8,23H,4-5,9H2,(H2,22,24);5-9H,1-4H3,(H2,22,23);6H,4-5,7H2,1-3H3;1H4. The summed E-state index contributed by atoms with van der Waals surface area (Å²) in [5, 5.41) is 37.5. The number of anilines is 3. The van der Waals surface area contributed by atoms with E-state index in [0.29, 0.717) is 48.2 Å². The third kappa shape index (κ3) is 17.5. The molecule has 0 saturated carbocycles. The average molecular weight is 1660 g/mol. The molecular formula is C74H77BBrF6N21O6S3. The Bertz CT molecular complexity index is 5450. The third-order valence-corrected chi connectivity index (χ3v) is 22.4. The highest BCUT2D eigenvalue weighted by Gasteiger charge is 2.52. The summed E-state index contributed by atoms with van der Waals surface area (Å²) in [4.78, 5) is 46.3. The SMILES string of the molecule is C.CC(C)(C)OC(=O)N1CCc2cc(-c3cnc(N)c(-c4nnnn4-c4cccc(F)c4F)c3)sc2C1.CC(C)(C)OC(=O)N1CCc2cc(Br)sc2C1.CC1(C)OB(c2cnc(N)c(-c3nnnn3-c3cccc(F)c3F)c2)OC1(C)C.Nc1ncc(-c2cc3c(s2)CNCC3)cc1-c1nnnn1-c1cccc(F)c1F. The van der Waals surface area contributed by atoms with Crippen LogP contribution in [0, 0.1) is 34.9 Å². The predicted octanol–water partition coefficient (Wildman–Crippen LogP) is 13.9. The van der Waals surface area contributed by atoms with Crippen molar-refractivity contribution in [2.45, 2.75) is 138 Å². The minimum Gasteiger partial charge on any atom is -0.444 e. The minimum absolute atomic E-state index is 0. The highest BCUT2D eigenvalue weighted by Crippen LogP contribution is 2.41. The number of hydrogen-bond donors (Lipinski definition) is 4. The van der Waals surface area contributed by atoms with Crippen LogP contribution in [0.1, 0.15) is 108 Å². The van der Waals surface area contributed by atoms with Gasteiger partial charge in [-0.1, -0.05) is 25.6 Å². The van der Waals surface area contributed by atoms with Crippen LogP contribution >= 0.6 is 49.9 Å². The molecule has 112 heavy (non-hydrogen) atoms. The van der Waals surface area contributed by atoms with Crippen molar-refractivity contribution < 1.29 is 54.7 Å². The molecule has 0 atom stereocenters. The van der Waals surface area contributed by atoms with Crippen molar-refractivity contribution in [3.05, 3.63) is 180 Å². The van der Waals surface area contributed by atoms with Crippen molar-refractivity contribution in [2.75, 3.05) is 36.8 Å². The molecule has 0 spiro atoms. The van der Waals surface area contributed by atoms with Gasteiger partial charge in [0.2, 0.25) is 0 Å². The molecule has 0 unspecified atom stereocenters. The van der Waals surface area contributed by atoms with E-state index in [1.54, 1.807) is 68.3 Å². The molecule has 584 valence electrons. The first kappa shape index (κ1) is 80.9. The third-order valence-electron chi connectivity index (χ3n) is 18.3. The van der Waals surface area contributed by atoms with Gasteiger partial charge >= 0.3 is 19.3 Å². The maximum Gasteiger partial charge on any atom is 0.496 e. The molecule has 12 aromatic rings. The number of fused-ring (bicyclic) bond motifs is 3. The lowest BCUT2D eigenvalue weighted by atomic mass is 9.79. The zero-order valence-electron chi connectivity index (χ0n) is 61.5. The number of tetrazole rings is 3. The van der Waals surface area contributed by atoms with E-state index in [1.807, 2.05) is 75.3 Å². The van der Waals surface area contributed by atoms with Crippen LogP contribution < -0.4 is 28.0 Å². The van der Waals surface area contributed by atoms with Crippen LogP contribution in [0.5, 0.6) is 0 Å². The number of rotatable bonds is 9. The number of hydrogen-bond acceptors (Lipinski definition) is 25. The monoisotopic (exact) mass is 1660 g/mol. The van der Waals surface area contributed by atoms with E-state index in [9.17, 15) is 35.9 Å². The molecule has 16 rings (SSSR count). The van der Waals surface area contributed by atoms with Gasteiger partial charge in [0.1, 0.15) is 45.7 Å². The lowest BCUT2D eigenvalue weighted by Gasteiger charge is -2.32. The summed E-state index contributed by atoms with van der Waals surface area (Å²) in [5.74, 6) is -5.32. The van der Waals surface area contributed by atoms with E-state index in [2.05, 4.69) is 101 Å². The second-order valence-corrected chi connectivity index (χ2v) is 33.7. The highest BCUT2D eigenvalue weighted by molar-refractivity contribution is 9.11. The Morgan fingerprint density at radius 2 is 0.920 bits per heavy atom. The van der Waals surface area contributed by atoms with E-state index in [4.69, 9.17) is 36.0 Å². The van der Waals surface area contributed by atoms with Gasteiger partial charge in [-0.25, -0.2) is 50.9 Å². The van der Waals surface area contributed by atoms with Crippen LogP contribution in [-0.4, -0.2) is 147 Å². The van der Waals surface area contributed by atoms with Crippen LogP contribution in [0.25, 0.3) is 72.1 Å². The minimum atomic E-state index is -1.07. The molecule has 0 bridgehead atoms. The van der Waals surface area contributed by atoms with E-state index < -0.39 is 64.4 Å². The van der Waals surface area contributed by atoms with Crippen molar-refractivity contribution in [2.24, 2.45) is 0 Å². The van der Waals surface area contributed by atoms with Crippen molar-refractivity contribution in [3.63, 3.8) is 0 Å². The first-order valence-corrected chi connectivity index (χ1v) is 37.9. The first-order valence-electron chi connectivity index (χ1n) is 34.7. The first-order chi connectivity index (χ1) is 52.7. The fourth-order valence-electron chi connectivity index (χ4n) is 12.0. The number of ether oxygens (including phenoxy) is 2. The summed E-state index contributed by atoms with van der Waals surface area (Å²) in [6.45, 7) is 23.2. The molecule has 4 aliphatic rings. The molecule has 4 aliphatic heterocycles. The molecule has 0 aliphatic carbocycles. The fourth-order valence-corrected chi connectivity index (χ4v) is 16.2. The summed E-state index contributed by atoms with van der Waals surface area (Å²) in [5.41, 5.74) is 23.0. The zero-order chi connectivity index (χ0) is 79.2. The van der Waals surface area contributed by atoms with Gasteiger partial charge in [0.25, 0.3) is 0 Å². The maximum absolute atomic E-state index is 14.4. The number of benzene rings is 3. The zero-order valence-corrected chi connectivity index (χ0v) is 65.5. The number of nitrogen functional groups attached to an aromatic ring is 3. The van der Waals surface area contributed by atoms with E-state index >= 15 is 0 Å². The van der Waals surface area contributed by atoms with E-state index in [0.717, 1.165) is 99.8 Å². The molecule has 38 heteroatoms. The lowest BCUT2D eigenvalue weighted by molar-refractivity contribution is 0.00578. The second-order valence-electron chi connectivity index (χ2n) is 28.9. The molecule has 0 radical (unpaired) electrons. The largest absolute Gasteiger partial charge is 0.496 e. The number of amides is 2. The number of nitrogens with zero attached hydrogens (tertiary/aromatic N) is 17. The normalized spacial score (nSPS) is 14.8. The Morgan fingerprint density at radius 3 is 1.34 bits per heavy atom. The Labute approximate surface area is 660 Å². The van der Waals surface area contributed by atoms with Crippen LogP contribution in [0.15, 0.2) is 113 Å². The number of thiophene rings is 3. The molecule has 13 heterocycles. The van der Waals surface area contributed by atoms with Gasteiger partial charge < -0.3 is 51.1 Å². The van der Waals surface area contributed by atoms with Gasteiger partial charge in [-0.05, 0) is 232 Å². The van der Waals surface area contributed by atoms with Crippen molar-refractivity contribution in [1.29, 1.82) is 0 Å². The number of nitrogens with two attached hydrogens (primary N) is 3. The molecule has 27 nitrogen and oxygen atoms in total. The van der Waals surface area contributed by atoms with Crippen LogP contribution in [-0.2, 0) is 57.7 Å². The number of pyridine rings is 3. The molecule has 1 saturated heterocycles. The summed E-state index contributed by atoms with van der Waals surface area (Å²) >= 11 is 8.42. The van der Waals surface area contributed by atoms with Gasteiger partial charge in [-0.15, -0.1) is 49.3 Å². The van der Waals surface area contributed by atoms with Gasteiger partial charge in [0.15, 0.2) is 52.4 Å². The smallest absolute Gasteiger partial charge is 0.444 e. The number of carbonyl (C=O) groups excluding carboxylic acids is 2. The van der Waals surface area contributed by atoms with Gasteiger partial charge in [-0.3, -0.25) is 0 Å². The Morgan fingerprint density at radius 1 is 0.536 bits per heavy atom. The van der Waals surface area contributed by atoms with Gasteiger partial charge in [0, 0.05) is 79.2 Å². The Kier molecular flexibility index (Phi) is 23.5. The number of carbonyl (C=O) groups is 2. The number of halogens is 7. The van der Waals surface area contributed by atoms with Crippen LogP contribution in [0.3, 0.4) is 0 Å². The van der Waals surface area contributed by atoms with E-state index in [-0.39, 0.29) is 71.6 Å². The van der Waals surface area contributed by atoms with Crippen LogP contribution in [0.2, 0.25) is 0 Å². The molecule has 3 aromatic carbocycles. The molecule has 7 N–H and O–H groups in total. The summed E-state index contributed by atoms with van der Waals surface area (Å²) in [6.07, 6.45) is 6.92. The van der Waals surface area contributed by atoms with E-state index in [1.165, 1.54) is 63.5 Å². The topological polar surface area (TPSA) is 337 Å². The molecule has 1 fully saturated rings. The molecule has 2 amide bonds. The van der Waals surface area contributed by atoms with Crippen molar-refractivity contribution in [1.82, 2.24) is 90.7 Å². The van der Waals surface area contributed by atoms with Crippen molar-refractivity contribution in [3.8, 4) is 72.1 Å². The second kappa shape index (κ2) is 32.6. The molecule has 9 aromatic heterocycles.